The number of hydrogen-bond acceptors (Lipinski definition) is 2. The van der Waals surface area contributed by atoms with Gasteiger partial charge in [0.1, 0.15) is 0 Å². The maximum Gasteiger partial charge on any atom is 0.0969 e. The largest absolute Gasteiger partial charge is 0.387 e. The number of aliphatic hydroxyl groups is 1. The van der Waals surface area contributed by atoms with Gasteiger partial charge in [-0.1, -0.05) is 54.6 Å². The predicted octanol–water partition coefficient (Wildman–Crippen LogP) is 3.82. The summed E-state index contributed by atoms with van der Waals surface area (Å²) < 4.78 is 1.88. The highest BCUT2D eigenvalue weighted by Crippen LogP contribution is 2.17. The van der Waals surface area contributed by atoms with Crippen LogP contribution in [0.5, 0.6) is 0 Å². The molecule has 4 heteroatoms. The van der Waals surface area contributed by atoms with Crippen molar-refractivity contribution in [3.05, 3.63) is 90.0 Å². The van der Waals surface area contributed by atoms with Crippen molar-refractivity contribution in [1.82, 2.24) is 9.55 Å². The molecule has 3 nitrogen and oxygen atoms in total. The molecule has 23 heavy (non-hydrogen) atoms. The molecule has 2 aromatic carbocycles. The third-order valence-corrected chi connectivity index (χ3v) is 3.85. The van der Waals surface area contributed by atoms with Gasteiger partial charge in [0.15, 0.2) is 0 Å². The standard InChI is InChI=1S/C19H20N2O.ClH/c22-19(14-21-13-12-20-15-21)18-10-8-17(9-11-18)7-6-16-4-2-1-3-5-16;/h1-5,8-13,15,19,22H,6-7,14H2;1H/t19-;/m1./s1. The average molecular weight is 329 g/mol. The van der Waals surface area contributed by atoms with E-state index in [1.807, 2.05) is 29.0 Å². The van der Waals surface area contributed by atoms with Gasteiger partial charge in [-0.2, -0.15) is 0 Å². The van der Waals surface area contributed by atoms with Crippen LogP contribution in [0.1, 0.15) is 22.8 Å². The lowest BCUT2D eigenvalue weighted by molar-refractivity contribution is 0.156. The summed E-state index contributed by atoms with van der Waals surface area (Å²) in [6.07, 6.45) is 6.85. The molecule has 1 atom stereocenters. The highest BCUT2D eigenvalue weighted by molar-refractivity contribution is 5.85. The fourth-order valence-corrected chi connectivity index (χ4v) is 2.54. The Balaban J connectivity index is 0.00000192. The molecular formula is C19H21ClN2O. The van der Waals surface area contributed by atoms with Crippen LogP contribution in [0.3, 0.4) is 0 Å². The topological polar surface area (TPSA) is 38.0 Å². The van der Waals surface area contributed by atoms with Crippen LogP contribution in [0.2, 0.25) is 0 Å². The molecule has 3 rings (SSSR count). The molecule has 0 amide bonds. The van der Waals surface area contributed by atoms with Gasteiger partial charge in [0, 0.05) is 12.4 Å². The van der Waals surface area contributed by atoms with Crippen molar-refractivity contribution in [2.45, 2.75) is 25.5 Å². The number of halogens is 1. The molecule has 0 spiro atoms. The van der Waals surface area contributed by atoms with Crippen molar-refractivity contribution in [2.75, 3.05) is 0 Å². The normalized spacial score (nSPS) is 11.7. The van der Waals surface area contributed by atoms with E-state index in [4.69, 9.17) is 0 Å². The lowest BCUT2D eigenvalue weighted by Gasteiger charge is -2.12. The minimum Gasteiger partial charge on any atom is -0.387 e. The summed E-state index contributed by atoms with van der Waals surface area (Å²) in [7, 11) is 0. The number of benzene rings is 2. The van der Waals surface area contributed by atoms with E-state index in [2.05, 4.69) is 41.4 Å². The van der Waals surface area contributed by atoms with Crippen LogP contribution in [0.4, 0.5) is 0 Å². The Bertz CT molecular complexity index is 681. The molecule has 0 aliphatic rings. The van der Waals surface area contributed by atoms with Gasteiger partial charge in [0.05, 0.1) is 19.0 Å². The first kappa shape index (κ1) is 17.3. The minimum atomic E-state index is -0.502. The van der Waals surface area contributed by atoms with Gasteiger partial charge in [-0.15, -0.1) is 12.4 Å². The fourth-order valence-electron chi connectivity index (χ4n) is 2.54. The molecule has 0 aliphatic carbocycles. The van der Waals surface area contributed by atoms with Gasteiger partial charge >= 0.3 is 0 Å². The molecule has 0 aliphatic heterocycles. The van der Waals surface area contributed by atoms with Crippen LogP contribution >= 0.6 is 12.4 Å². The Morgan fingerprint density at radius 2 is 1.57 bits per heavy atom. The molecule has 1 heterocycles. The molecule has 0 fully saturated rings. The lowest BCUT2D eigenvalue weighted by Crippen LogP contribution is -2.07. The van der Waals surface area contributed by atoms with Crippen LogP contribution in [0, 0.1) is 0 Å². The van der Waals surface area contributed by atoms with Crippen LogP contribution in [0.25, 0.3) is 0 Å². The van der Waals surface area contributed by atoms with E-state index < -0.39 is 6.10 Å². The van der Waals surface area contributed by atoms with Crippen molar-refractivity contribution in [2.24, 2.45) is 0 Å². The SMILES string of the molecule is Cl.O[C@H](Cn1ccnc1)c1ccc(CCc2ccccc2)cc1. The zero-order chi connectivity index (χ0) is 15.2. The first-order valence-electron chi connectivity index (χ1n) is 7.58. The van der Waals surface area contributed by atoms with Crippen LogP contribution in [-0.2, 0) is 19.4 Å². The number of aromatic nitrogens is 2. The third kappa shape index (κ3) is 4.95. The highest BCUT2D eigenvalue weighted by atomic mass is 35.5. The quantitative estimate of drug-likeness (QED) is 0.747. The Hall–Kier alpha value is -2.10. The number of aliphatic hydroxyl groups excluding tert-OH is 1. The molecule has 1 aromatic heterocycles. The Morgan fingerprint density at radius 1 is 0.913 bits per heavy atom. The second-order valence-corrected chi connectivity index (χ2v) is 5.50. The average Bonchev–Trinajstić information content (AvgIpc) is 3.07. The second kappa shape index (κ2) is 8.51. The van der Waals surface area contributed by atoms with Crippen molar-refractivity contribution in [1.29, 1.82) is 0 Å². The summed E-state index contributed by atoms with van der Waals surface area (Å²) in [5, 5.41) is 10.2. The Morgan fingerprint density at radius 3 is 2.17 bits per heavy atom. The molecule has 0 saturated heterocycles. The van der Waals surface area contributed by atoms with Gasteiger partial charge in [-0.3, -0.25) is 0 Å². The molecular weight excluding hydrogens is 308 g/mol. The molecule has 0 bridgehead atoms. The van der Waals surface area contributed by atoms with Crippen molar-refractivity contribution in [3.8, 4) is 0 Å². The fraction of sp³-hybridized carbons (Fsp3) is 0.211. The molecule has 3 aromatic rings. The number of aryl methyl sites for hydroxylation is 2. The van der Waals surface area contributed by atoms with E-state index in [9.17, 15) is 5.11 Å². The van der Waals surface area contributed by atoms with Gasteiger partial charge in [0.2, 0.25) is 0 Å². The minimum absolute atomic E-state index is 0. The summed E-state index contributed by atoms with van der Waals surface area (Å²) >= 11 is 0. The number of hydrogen-bond donors (Lipinski definition) is 1. The van der Waals surface area contributed by atoms with E-state index in [1.54, 1.807) is 12.5 Å². The van der Waals surface area contributed by atoms with Gasteiger partial charge in [-0.25, -0.2) is 4.98 Å². The van der Waals surface area contributed by atoms with Crippen molar-refractivity contribution in [3.63, 3.8) is 0 Å². The van der Waals surface area contributed by atoms with Crippen LogP contribution < -0.4 is 0 Å². The van der Waals surface area contributed by atoms with E-state index >= 15 is 0 Å². The number of rotatable bonds is 6. The summed E-state index contributed by atoms with van der Waals surface area (Å²) in [6, 6.07) is 18.7. The molecule has 120 valence electrons. The van der Waals surface area contributed by atoms with Crippen LogP contribution in [0.15, 0.2) is 73.3 Å². The second-order valence-electron chi connectivity index (χ2n) is 5.50. The van der Waals surface area contributed by atoms with E-state index in [0.29, 0.717) is 6.54 Å². The predicted molar refractivity (Wildman–Crippen MR) is 94.7 cm³/mol. The van der Waals surface area contributed by atoms with E-state index in [-0.39, 0.29) is 12.4 Å². The third-order valence-electron chi connectivity index (χ3n) is 3.85. The summed E-state index contributed by atoms with van der Waals surface area (Å²) in [5.74, 6) is 0. The highest BCUT2D eigenvalue weighted by Gasteiger charge is 2.08. The first-order chi connectivity index (χ1) is 10.8. The molecule has 1 N–H and O–H groups in total. The van der Waals surface area contributed by atoms with E-state index in [0.717, 1.165) is 18.4 Å². The lowest BCUT2D eigenvalue weighted by atomic mass is 10.0. The zero-order valence-corrected chi connectivity index (χ0v) is 13.7. The maximum atomic E-state index is 10.2. The number of imidazole rings is 1. The van der Waals surface area contributed by atoms with Gasteiger partial charge < -0.3 is 9.67 Å². The number of nitrogens with zero attached hydrogens (tertiary/aromatic N) is 2. The maximum absolute atomic E-state index is 10.2. The monoisotopic (exact) mass is 328 g/mol. The zero-order valence-electron chi connectivity index (χ0n) is 12.9. The van der Waals surface area contributed by atoms with E-state index in [1.165, 1.54) is 11.1 Å². The van der Waals surface area contributed by atoms with Crippen molar-refractivity contribution >= 4 is 12.4 Å². The first-order valence-corrected chi connectivity index (χ1v) is 7.58. The van der Waals surface area contributed by atoms with Gasteiger partial charge in [-0.05, 0) is 29.5 Å². The summed E-state index contributed by atoms with van der Waals surface area (Å²) in [5.41, 5.74) is 3.59. The molecule has 0 radical (unpaired) electrons. The van der Waals surface area contributed by atoms with Crippen LogP contribution in [-0.4, -0.2) is 14.7 Å². The van der Waals surface area contributed by atoms with Crippen molar-refractivity contribution < 1.29 is 5.11 Å². The Kier molecular flexibility index (Phi) is 6.39. The molecule has 0 saturated carbocycles. The molecule has 0 unspecified atom stereocenters. The Labute approximate surface area is 143 Å². The summed E-state index contributed by atoms with van der Waals surface area (Å²) in [4.78, 5) is 3.99. The van der Waals surface area contributed by atoms with Gasteiger partial charge in [0.25, 0.3) is 0 Å². The summed E-state index contributed by atoms with van der Waals surface area (Å²) in [6.45, 7) is 0.531. The smallest absolute Gasteiger partial charge is 0.0969 e.